The Morgan fingerprint density at radius 2 is 2.15 bits per heavy atom. The van der Waals surface area contributed by atoms with E-state index in [1.807, 2.05) is 0 Å². The van der Waals surface area contributed by atoms with Gasteiger partial charge in [-0.15, -0.1) is 0 Å². The molecule has 1 aliphatic rings. The van der Waals surface area contributed by atoms with Crippen LogP contribution in [-0.4, -0.2) is 20.9 Å². The molecule has 4 N–H and O–H groups in total. The lowest BCUT2D eigenvalue weighted by atomic mass is 9.75. The smallest absolute Gasteiger partial charge is 0.354 e. The molecule has 0 bridgehead atoms. The molecule has 2 rings (SSSR count). The molecule has 1 saturated carbocycles. The number of nitro groups is 1. The van der Waals surface area contributed by atoms with Gasteiger partial charge < -0.3 is 10.7 Å². The van der Waals surface area contributed by atoms with Crippen molar-refractivity contribution >= 4 is 17.3 Å². The zero-order valence-electron chi connectivity index (χ0n) is 11.7. The maximum absolute atomic E-state index is 11.2. The van der Waals surface area contributed by atoms with E-state index in [1.54, 1.807) is 0 Å². The first-order valence-corrected chi connectivity index (χ1v) is 6.65. The normalized spacial score (nSPS) is 21.2. The van der Waals surface area contributed by atoms with E-state index in [2.05, 4.69) is 34.6 Å². The molecule has 1 aromatic heterocycles. The molecule has 1 atom stereocenters. The molecule has 1 aromatic rings. The summed E-state index contributed by atoms with van der Waals surface area (Å²) in [7, 11) is 0. The topological polar surface area (TPSA) is 119 Å². The number of hydrogen-bond donors (Lipinski definition) is 3. The van der Waals surface area contributed by atoms with Gasteiger partial charge in [0, 0.05) is 6.04 Å². The fourth-order valence-corrected chi connectivity index (χ4v) is 2.78. The summed E-state index contributed by atoms with van der Waals surface area (Å²) >= 11 is 0. The molecule has 1 aliphatic carbocycles. The van der Waals surface area contributed by atoms with Gasteiger partial charge in [0.15, 0.2) is 0 Å². The third-order valence-electron chi connectivity index (χ3n) is 3.69. The Morgan fingerprint density at radius 3 is 2.75 bits per heavy atom. The summed E-state index contributed by atoms with van der Waals surface area (Å²) in [5, 5.41) is 14.3. The molecule has 1 unspecified atom stereocenters. The highest BCUT2D eigenvalue weighted by atomic mass is 16.6. The Bertz CT molecular complexity index is 505. The van der Waals surface area contributed by atoms with Gasteiger partial charge in [-0.1, -0.05) is 20.3 Å². The number of rotatable bonds is 4. The predicted octanol–water partition coefficient (Wildman–Crippen LogP) is 2.05. The fourth-order valence-electron chi connectivity index (χ4n) is 2.78. The summed E-state index contributed by atoms with van der Waals surface area (Å²) in [6.07, 6.45) is 5.48. The van der Waals surface area contributed by atoms with Crippen molar-refractivity contribution in [1.29, 1.82) is 0 Å². The zero-order chi connectivity index (χ0) is 14.8. The van der Waals surface area contributed by atoms with E-state index in [0.717, 1.165) is 19.3 Å². The number of anilines is 2. The summed E-state index contributed by atoms with van der Waals surface area (Å²) < 4.78 is 0. The molecular weight excluding hydrogens is 260 g/mol. The summed E-state index contributed by atoms with van der Waals surface area (Å²) in [6.45, 7) is 4.42. The molecule has 0 aliphatic heterocycles. The molecule has 0 aromatic carbocycles. The highest BCUT2D eigenvalue weighted by Gasteiger charge is 2.30. The van der Waals surface area contributed by atoms with Crippen LogP contribution in [0.4, 0.5) is 17.3 Å². The maximum atomic E-state index is 11.2. The number of hydrogen-bond acceptors (Lipinski definition) is 7. The third-order valence-corrected chi connectivity index (χ3v) is 3.69. The van der Waals surface area contributed by atoms with Crippen molar-refractivity contribution in [2.24, 2.45) is 11.3 Å². The van der Waals surface area contributed by atoms with Gasteiger partial charge in [0.1, 0.15) is 6.33 Å². The van der Waals surface area contributed by atoms with Crippen molar-refractivity contribution < 1.29 is 4.92 Å². The number of nitrogens with two attached hydrogens (primary N) is 1. The van der Waals surface area contributed by atoms with Crippen LogP contribution in [-0.2, 0) is 0 Å². The van der Waals surface area contributed by atoms with Gasteiger partial charge in [0.25, 0.3) is 0 Å². The van der Waals surface area contributed by atoms with Crippen molar-refractivity contribution in [3.8, 4) is 0 Å². The van der Waals surface area contributed by atoms with Crippen LogP contribution in [0.25, 0.3) is 0 Å². The molecule has 0 spiro atoms. The first kappa shape index (κ1) is 14.4. The van der Waals surface area contributed by atoms with Crippen LogP contribution in [0.15, 0.2) is 6.33 Å². The lowest BCUT2D eigenvalue weighted by molar-refractivity contribution is -0.383. The molecule has 0 radical (unpaired) electrons. The van der Waals surface area contributed by atoms with Crippen LogP contribution in [0.2, 0.25) is 0 Å². The van der Waals surface area contributed by atoms with E-state index in [4.69, 9.17) is 5.84 Å². The quantitative estimate of drug-likeness (QED) is 0.438. The molecule has 1 fully saturated rings. The molecule has 110 valence electrons. The second-order valence-corrected chi connectivity index (χ2v) is 5.92. The van der Waals surface area contributed by atoms with Gasteiger partial charge in [0.2, 0.25) is 11.6 Å². The zero-order valence-corrected chi connectivity index (χ0v) is 11.7. The number of nitrogen functional groups attached to an aromatic ring is 1. The number of nitrogens with one attached hydrogen (secondary N) is 2. The minimum atomic E-state index is -0.522. The average molecular weight is 280 g/mol. The van der Waals surface area contributed by atoms with Gasteiger partial charge in [-0.05, 0) is 24.7 Å². The molecule has 20 heavy (non-hydrogen) atoms. The number of aromatic nitrogens is 2. The third kappa shape index (κ3) is 3.13. The monoisotopic (exact) mass is 280 g/mol. The van der Waals surface area contributed by atoms with Crippen LogP contribution in [0.1, 0.15) is 39.5 Å². The second kappa shape index (κ2) is 5.58. The van der Waals surface area contributed by atoms with Gasteiger partial charge >= 0.3 is 5.69 Å². The van der Waals surface area contributed by atoms with Crippen molar-refractivity contribution in [3.05, 3.63) is 16.4 Å². The van der Waals surface area contributed by atoms with Gasteiger partial charge in [-0.25, -0.2) is 15.8 Å². The van der Waals surface area contributed by atoms with Crippen molar-refractivity contribution in [1.82, 2.24) is 9.97 Å². The first-order chi connectivity index (χ1) is 9.43. The predicted molar refractivity (Wildman–Crippen MR) is 76.2 cm³/mol. The Balaban J connectivity index is 2.23. The molecule has 8 nitrogen and oxygen atoms in total. The van der Waals surface area contributed by atoms with Crippen LogP contribution in [0.3, 0.4) is 0 Å². The second-order valence-electron chi connectivity index (χ2n) is 5.92. The fraction of sp³-hybridized carbons (Fsp3) is 0.667. The van der Waals surface area contributed by atoms with Crippen molar-refractivity contribution in [2.45, 2.75) is 45.6 Å². The maximum Gasteiger partial charge on any atom is 0.354 e. The molecule has 8 heteroatoms. The summed E-state index contributed by atoms with van der Waals surface area (Å²) in [4.78, 5) is 18.4. The van der Waals surface area contributed by atoms with E-state index in [9.17, 15) is 10.1 Å². The van der Waals surface area contributed by atoms with Gasteiger partial charge in [-0.3, -0.25) is 10.1 Å². The number of nitrogens with zero attached hydrogens (tertiary/aromatic N) is 3. The number of hydrazine groups is 1. The first-order valence-electron chi connectivity index (χ1n) is 6.65. The largest absolute Gasteiger partial charge is 0.361 e. The van der Waals surface area contributed by atoms with Crippen molar-refractivity contribution in [2.75, 3.05) is 10.7 Å². The molecular formula is C12H20N6O2. The minimum absolute atomic E-state index is 0.0163. The summed E-state index contributed by atoms with van der Waals surface area (Å²) in [5.74, 6) is 5.50. The lowest BCUT2D eigenvalue weighted by Gasteiger charge is -2.35. The van der Waals surface area contributed by atoms with Gasteiger partial charge in [-0.2, -0.15) is 0 Å². The highest BCUT2D eigenvalue weighted by Crippen LogP contribution is 2.37. The Hall–Kier alpha value is -1.96. The van der Waals surface area contributed by atoms with Crippen molar-refractivity contribution in [3.63, 3.8) is 0 Å². The molecule has 1 heterocycles. The molecule has 0 amide bonds. The van der Waals surface area contributed by atoms with E-state index in [-0.39, 0.29) is 28.8 Å². The Morgan fingerprint density at radius 1 is 1.45 bits per heavy atom. The standard InChI is InChI=1S/C12H20N6O2/c1-12(2)5-3-4-8(6-12)16-10-9(18(19)20)11(17-13)15-7-14-10/h7-8H,3-6,13H2,1-2H3,(H2,14,15,16,17). The molecule has 0 saturated heterocycles. The minimum Gasteiger partial charge on any atom is -0.361 e. The van der Waals surface area contributed by atoms with E-state index in [0.29, 0.717) is 0 Å². The van der Waals surface area contributed by atoms with Gasteiger partial charge in [0.05, 0.1) is 4.92 Å². The van der Waals surface area contributed by atoms with E-state index < -0.39 is 4.92 Å². The SMILES string of the molecule is CC1(C)CCCC(Nc2ncnc(NN)c2[N+](=O)[O-])C1. The van der Waals surface area contributed by atoms with Crippen LogP contribution in [0.5, 0.6) is 0 Å². The van der Waals surface area contributed by atoms with Crippen LogP contribution in [0, 0.1) is 15.5 Å². The Labute approximate surface area is 117 Å². The van der Waals surface area contributed by atoms with Crippen LogP contribution >= 0.6 is 0 Å². The average Bonchev–Trinajstić information content (AvgIpc) is 2.36. The summed E-state index contributed by atoms with van der Waals surface area (Å²) in [6, 6.07) is 0.179. The van der Waals surface area contributed by atoms with E-state index in [1.165, 1.54) is 12.7 Å². The summed E-state index contributed by atoms with van der Waals surface area (Å²) in [5.41, 5.74) is 2.27. The highest BCUT2D eigenvalue weighted by molar-refractivity contribution is 5.69. The lowest BCUT2D eigenvalue weighted by Crippen LogP contribution is -2.32. The van der Waals surface area contributed by atoms with Crippen LogP contribution < -0.4 is 16.6 Å². The van der Waals surface area contributed by atoms with E-state index >= 15 is 0 Å². The Kier molecular flexibility index (Phi) is 4.03.